The minimum Gasteiger partial charge on any atom is -0.348 e. The molecule has 1 aliphatic rings. The number of hydrogen-bond donors (Lipinski definition) is 1. The number of halogens is 1. The SMILES string of the molecule is CC1CCN(c2nc(-c3ccccc3F)c(-c3ccnc(N[C@@H](C)c4ccccc4)n3)s2)CC1. The predicted molar refractivity (Wildman–Crippen MR) is 138 cm³/mol. The van der Waals surface area contributed by atoms with Crippen LogP contribution < -0.4 is 10.2 Å². The van der Waals surface area contributed by atoms with E-state index in [0.717, 1.165) is 53.1 Å². The summed E-state index contributed by atoms with van der Waals surface area (Å²) < 4.78 is 14.8. The molecule has 1 N–H and O–H groups in total. The van der Waals surface area contributed by atoms with E-state index >= 15 is 0 Å². The van der Waals surface area contributed by atoms with Crippen LogP contribution >= 0.6 is 11.3 Å². The summed E-state index contributed by atoms with van der Waals surface area (Å²) in [6.45, 7) is 6.31. The summed E-state index contributed by atoms with van der Waals surface area (Å²) in [5.74, 6) is 0.983. The summed E-state index contributed by atoms with van der Waals surface area (Å²) in [6, 6.07) is 18.9. The largest absolute Gasteiger partial charge is 0.348 e. The van der Waals surface area contributed by atoms with E-state index in [1.807, 2.05) is 30.3 Å². The fourth-order valence-corrected chi connectivity index (χ4v) is 5.33. The molecular weight excluding hydrogens is 445 g/mol. The molecule has 0 spiro atoms. The van der Waals surface area contributed by atoms with E-state index in [-0.39, 0.29) is 11.9 Å². The number of rotatable bonds is 6. The quantitative estimate of drug-likeness (QED) is 0.333. The molecule has 0 aliphatic carbocycles. The lowest BCUT2D eigenvalue weighted by atomic mass is 10.00. The molecule has 34 heavy (non-hydrogen) atoms. The van der Waals surface area contributed by atoms with E-state index in [4.69, 9.17) is 9.97 Å². The summed E-state index contributed by atoms with van der Waals surface area (Å²) >= 11 is 1.58. The van der Waals surface area contributed by atoms with E-state index in [1.165, 1.54) is 6.07 Å². The van der Waals surface area contributed by atoms with Crippen LogP contribution in [-0.2, 0) is 0 Å². The standard InChI is InChI=1S/C27H28FN5S/c1-18-13-16-33(17-14-18)27-32-24(21-10-6-7-11-22(21)28)25(34-27)23-12-15-29-26(31-23)30-19(2)20-8-4-3-5-9-20/h3-12,15,18-19H,13-14,16-17H2,1-2H3,(H,29,30,31)/t19-/m0/s1. The zero-order valence-electron chi connectivity index (χ0n) is 19.4. The third kappa shape index (κ3) is 4.80. The Morgan fingerprint density at radius 2 is 1.74 bits per heavy atom. The van der Waals surface area contributed by atoms with Gasteiger partial charge < -0.3 is 10.2 Å². The number of nitrogens with zero attached hydrogens (tertiary/aromatic N) is 4. The lowest BCUT2D eigenvalue weighted by Gasteiger charge is -2.29. The van der Waals surface area contributed by atoms with Crippen molar-refractivity contribution in [1.82, 2.24) is 15.0 Å². The van der Waals surface area contributed by atoms with Crippen LogP contribution in [0.2, 0.25) is 0 Å². The van der Waals surface area contributed by atoms with E-state index in [0.29, 0.717) is 17.2 Å². The van der Waals surface area contributed by atoms with E-state index in [2.05, 4.69) is 41.2 Å². The van der Waals surface area contributed by atoms with Crippen LogP contribution in [0.1, 0.15) is 38.3 Å². The average Bonchev–Trinajstić information content (AvgIpc) is 3.31. The Bertz CT molecular complexity index is 1250. The highest BCUT2D eigenvalue weighted by atomic mass is 32.1. The number of benzene rings is 2. The maximum absolute atomic E-state index is 14.8. The van der Waals surface area contributed by atoms with Gasteiger partial charge in [-0.2, -0.15) is 0 Å². The normalized spacial score (nSPS) is 15.3. The van der Waals surface area contributed by atoms with Gasteiger partial charge in [0.25, 0.3) is 0 Å². The van der Waals surface area contributed by atoms with Crippen LogP contribution in [0, 0.1) is 11.7 Å². The second kappa shape index (κ2) is 9.89. The van der Waals surface area contributed by atoms with Crippen molar-refractivity contribution in [2.45, 2.75) is 32.7 Å². The molecule has 1 fully saturated rings. The zero-order valence-corrected chi connectivity index (χ0v) is 20.2. The summed E-state index contributed by atoms with van der Waals surface area (Å²) in [5, 5.41) is 4.31. The van der Waals surface area contributed by atoms with Crippen molar-refractivity contribution in [2.24, 2.45) is 5.92 Å². The first-order valence-electron chi connectivity index (χ1n) is 11.7. The minimum atomic E-state index is -0.280. The van der Waals surface area contributed by atoms with Crippen molar-refractivity contribution in [1.29, 1.82) is 0 Å². The molecule has 2 aromatic heterocycles. The smallest absolute Gasteiger partial charge is 0.223 e. The van der Waals surface area contributed by atoms with Crippen molar-refractivity contribution < 1.29 is 4.39 Å². The molecular formula is C27H28FN5S. The molecule has 0 unspecified atom stereocenters. The van der Waals surface area contributed by atoms with Gasteiger partial charge in [0.2, 0.25) is 5.95 Å². The maximum atomic E-state index is 14.8. The van der Waals surface area contributed by atoms with Gasteiger partial charge in [0, 0.05) is 24.8 Å². The third-order valence-electron chi connectivity index (χ3n) is 6.33. The molecule has 1 aliphatic heterocycles. The molecule has 5 rings (SSSR count). The third-order valence-corrected chi connectivity index (χ3v) is 7.47. The van der Waals surface area contributed by atoms with Gasteiger partial charge in [0.15, 0.2) is 5.13 Å². The van der Waals surface area contributed by atoms with Gasteiger partial charge >= 0.3 is 0 Å². The highest BCUT2D eigenvalue weighted by molar-refractivity contribution is 7.19. The highest BCUT2D eigenvalue weighted by Crippen LogP contribution is 2.41. The Morgan fingerprint density at radius 1 is 1.00 bits per heavy atom. The Morgan fingerprint density at radius 3 is 2.50 bits per heavy atom. The second-order valence-corrected chi connectivity index (χ2v) is 9.84. The summed E-state index contributed by atoms with van der Waals surface area (Å²) in [6.07, 6.45) is 4.03. The molecule has 0 bridgehead atoms. The average molecular weight is 474 g/mol. The number of nitrogens with one attached hydrogen (secondary N) is 1. The first-order chi connectivity index (χ1) is 16.6. The molecule has 4 aromatic rings. The van der Waals surface area contributed by atoms with Crippen LogP contribution in [0.5, 0.6) is 0 Å². The van der Waals surface area contributed by atoms with Crippen LogP contribution in [0.3, 0.4) is 0 Å². The first-order valence-corrected chi connectivity index (χ1v) is 12.6. The minimum absolute atomic E-state index is 0.0508. The molecule has 3 heterocycles. The fraction of sp³-hybridized carbons (Fsp3) is 0.296. The molecule has 7 heteroatoms. The van der Waals surface area contributed by atoms with Crippen LogP contribution in [0.4, 0.5) is 15.5 Å². The predicted octanol–water partition coefficient (Wildman–Crippen LogP) is 6.82. The Labute approximate surface area is 203 Å². The molecule has 5 nitrogen and oxygen atoms in total. The lowest BCUT2D eigenvalue weighted by molar-refractivity contribution is 0.438. The summed E-state index contributed by atoms with van der Waals surface area (Å²) in [5.41, 5.74) is 3.03. The van der Waals surface area contributed by atoms with Crippen LogP contribution in [0.15, 0.2) is 66.9 Å². The van der Waals surface area contributed by atoms with Gasteiger partial charge in [-0.1, -0.05) is 60.7 Å². The number of aromatic nitrogens is 3. The topological polar surface area (TPSA) is 53.9 Å². The lowest BCUT2D eigenvalue weighted by Crippen LogP contribution is -2.32. The highest BCUT2D eigenvalue weighted by Gasteiger charge is 2.24. The van der Waals surface area contributed by atoms with Crippen molar-refractivity contribution in [3.8, 4) is 21.8 Å². The van der Waals surface area contributed by atoms with E-state index in [9.17, 15) is 4.39 Å². The van der Waals surface area contributed by atoms with Crippen LogP contribution in [0.25, 0.3) is 21.8 Å². The summed E-state index contributed by atoms with van der Waals surface area (Å²) in [4.78, 5) is 17.3. The second-order valence-electron chi connectivity index (χ2n) is 8.87. The number of thiazole rings is 1. The van der Waals surface area contributed by atoms with Gasteiger partial charge in [0.05, 0.1) is 22.3 Å². The van der Waals surface area contributed by atoms with E-state index < -0.39 is 0 Å². The first kappa shape index (κ1) is 22.5. The van der Waals surface area contributed by atoms with Crippen molar-refractivity contribution in [3.05, 3.63) is 78.2 Å². The Balaban J connectivity index is 1.51. The number of anilines is 2. The monoisotopic (exact) mass is 473 g/mol. The van der Waals surface area contributed by atoms with Gasteiger partial charge in [0.1, 0.15) is 5.82 Å². The number of piperidine rings is 1. The summed E-state index contributed by atoms with van der Waals surface area (Å²) in [7, 11) is 0. The zero-order chi connectivity index (χ0) is 23.5. The van der Waals surface area contributed by atoms with Crippen molar-refractivity contribution in [3.63, 3.8) is 0 Å². The molecule has 174 valence electrons. The Hall–Kier alpha value is -3.32. The van der Waals surface area contributed by atoms with Gasteiger partial charge in [-0.05, 0) is 49.4 Å². The van der Waals surface area contributed by atoms with Crippen LogP contribution in [-0.4, -0.2) is 28.0 Å². The van der Waals surface area contributed by atoms with Crippen molar-refractivity contribution >= 4 is 22.4 Å². The molecule has 1 atom stereocenters. The van der Waals surface area contributed by atoms with Gasteiger partial charge in [-0.25, -0.2) is 19.3 Å². The molecule has 1 saturated heterocycles. The maximum Gasteiger partial charge on any atom is 0.223 e. The molecule has 0 saturated carbocycles. The van der Waals surface area contributed by atoms with E-state index in [1.54, 1.807) is 29.7 Å². The molecule has 0 amide bonds. The molecule has 0 radical (unpaired) electrons. The van der Waals surface area contributed by atoms with Crippen molar-refractivity contribution in [2.75, 3.05) is 23.3 Å². The van der Waals surface area contributed by atoms with Gasteiger partial charge in [-0.15, -0.1) is 0 Å². The Kier molecular flexibility index (Phi) is 6.54. The molecule has 2 aromatic carbocycles. The van der Waals surface area contributed by atoms with Gasteiger partial charge in [-0.3, -0.25) is 0 Å². The fourth-order valence-electron chi connectivity index (χ4n) is 4.23. The number of hydrogen-bond acceptors (Lipinski definition) is 6.